The maximum atomic E-state index is 12.3. The molecule has 5 heteroatoms. The van der Waals surface area contributed by atoms with Crippen LogP contribution in [0.15, 0.2) is 0 Å². The van der Waals surface area contributed by atoms with Gasteiger partial charge in [-0.3, -0.25) is 4.90 Å². The lowest BCUT2D eigenvalue weighted by Crippen LogP contribution is -2.53. The van der Waals surface area contributed by atoms with Crippen molar-refractivity contribution >= 4 is 6.09 Å². The molecule has 1 aliphatic rings. The van der Waals surface area contributed by atoms with E-state index in [4.69, 9.17) is 15.9 Å². The normalized spacial score (nSPS) is 23.8. The standard InChI is InChI=1S/C14H23NO4/c1-7-8-11(16)10-9-18-14(5,6)15(10)12(17)19-13(2,3)4/h1,10-11,16H,8-9H2,2-6H3/t10-,11+/m1/s1. The molecule has 0 saturated carbocycles. The Morgan fingerprint density at radius 3 is 2.68 bits per heavy atom. The Labute approximate surface area is 114 Å². The third kappa shape index (κ3) is 3.85. The minimum atomic E-state index is -0.820. The predicted molar refractivity (Wildman–Crippen MR) is 71.3 cm³/mol. The molecule has 2 atom stereocenters. The van der Waals surface area contributed by atoms with Crippen LogP contribution in [0.1, 0.15) is 41.0 Å². The van der Waals surface area contributed by atoms with E-state index in [-0.39, 0.29) is 13.0 Å². The molecule has 0 unspecified atom stereocenters. The Balaban J connectivity index is 2.90. The van der Waals surface area contributed by atoms with Crippen LogP contribution in [-0.4, -0.2) is 46.2 Å². The average molecular weight is 269 g/mol. The van der Waals surface area contributed by atoms with Gasteiger partial charge in [0.15, 0.2) is 0 Å². The fourth-order valence-electron chi connectivity index (χ4n) is 2.04. The maximum absolute atomic E-state index is 12.3. The Morgan fingerprint density at radius 1 is 1.63 bits per heavy atom. The zero-order chi connectivity index (χ0) is 14.8. The van der Waals surface area contributed by atoms with Gasteiger partial charge in [-0.25, -0.2) is 4.79 Å². The third-order valence-corrected chi connectivity index (χ3v) is 2.88. The first-order valence-electron chi connectivity index (χ1n) is 6.36. The second-order valence-corrected chi connectivity index (χ2v) is 6.15. The van der Waals surface area contributed by atoms with Crippen LogP contribution in [0.25, 0.3) is 0 Å². The summed E-state index contributed by atoms with van der Waals surface area (Å²) < 4.78 is 10.9. The van der Waals surface area contributed by atoms with E-state index in [2.05, 4.69) is 5.92 Å². The minimum Gasteiger partial charge on any atom is -0.444 e. The monoisotopic (exact) mass is 269 g/mol. The lowest BCUT2D eigenvalue weighted by Gasteiger charge is -2.36. The van der Waals surface area contributed by atoms with Crippen molar-refractivity contribution in [2.24, 2.45) is 0 Å². The quantitative estimate of drug-likeness (QED) is 0.776. The molecule has 0 aromatic rings. The summed E-state index contributed by atoms with van der Waals surface area (Å²) in [6.07, 6.45) is 4.05. The van der Waals surface area contributed by atoms with Gasteiger partial charge in [0, 0.05) is 6.42 Å². The average Bonchev–Trinajstić information content (AvgIpc) is 2.51. The predicted octanol–water partition coefficient (Wildman–Crippen LogP) is 1.74. The molecule has 0 spiro atoms. The summed E-state index contributed by atoms with van der Waals surface area (Å²) in [5, 5.41) is 10.0. The zero-order valence-electron chi connectivity index (χ0n) is 12.3. The van der Waals surface area contributed by atoms with Gasteiger partial charge in [0.25, 0.3) is 0 Å². The van der Waals surface area contributed by atoms with E-state index in [0.717, 1.165) is 0 Å². The summed E-state index contributed by atoms with van der Waals surface area (Å²) >= 11 is 0. The second kappa shape index (κ2) is 5.40. The van der Waals surface area contributed by atoms with Crippen molar-refractivity contribution in [1.82, 2.24) is 4.90 Å². The number of aliphatic hydroxyl groups is 1. The number of ether oxygens (including phenoxy) is 2. The molecule has 1 amide bonds. The Hall–Kier alpha value is -1.25. The van der Waals surface area contributed by atoms with E-state index < -0.39 is 29.6 Å². The molecule has 1 saturated heterocycles. The van der Waals surface area contributed by atoms with Gasteiger partial charge in [0.1, 0.15) is 11.3 Å². The maximum Gasteiger partial charge on any atom is 0.412 e. The second-order valence-electron chi connectivity index (χ2n) is 6.15. The van der Waals surface area contributed by atoms with Gasteiger partial charge in [-0.2, -0.15) is 0 Å². The first kappa shape index (κ1) is 15.8. The number of aliphatic hydroxyl groups excluding tert-OH is 1. The van der Waals surface area contributed by atoms with E-state index in [1.165, 1.54) is 4.90 Å². The van der Waals surface area contributed by atoms with E-state index in [0.29, 0.717) is 0 Å². The van der Waals surface area contributed by atoms with Crippen LogP contribution in [0.2, 0.25) is 0 Å². The Kier molecular flexibility index (Phi) is 4.49. The van der Waals surface area contributed by atoms with Crippen LogP contribution in [0, 0.1) is 12.3 Å². The van der Waals surface area contributed by atoms with Crippen molar-refractivity contribution in [3.8, 4) is 12.3 Å². The number of hydrogen-bond acceptors (Lipinski definition) is 4. The van der Waals surface area contributed by atoms with Gasteiger partial charge in [0.05, 0.1) is 18.8 Å². The van der Waals surface area contributed by atoms with Crippen molar-refractivity contribution < 1.29 is 19.4 Å². The Morgan fingerprint density at radius 2 is 2.21 bits per heavy atom. The van der Waals surface area contributed by atoms with E-state index in [1.807, 2.05) is 0 Å². The van der Waals surface area contributed by atoms with Crippen LogP contribution in [0.5, 0.6) is 0 Å². The first-order valence-corrected chi connectivity index (χ1v) is 6.36. The highest BCUT2D eigenvalue weighted by Gasteiger charge is 2.48. The molecule has 1 fully saturated rings. The number of terminal acetylenes is 1. The van der Waals surface area contributed by atoms with Crippen molar-refractivity contribution in [2.45, 2.75) is 64.5 Å². The molecule has 1 rings (SSSR count). The number of rotatable bonds is 2. The van der Waals surface area contributed by atoms with Gasteiger partial charge in [0.2, 0.25) is 0 Å². The molecule has 0 aromatic carbocycles. The van der Waals surface area contributed by atoms with Gasteiger partial charge in [-0.05, 0) is 34.6 Å². The lowest BCUT2D eigenvalue weighted by atomic mass is 10.1. The highest BCUT2D eigenvalue weighted by Crippen LogP contribution is 2.31. The molecular formula is C14H23NO4. The van der Waals surface area contributed by atoms with Gasteiger partial charge in [-0.15, -0.1) is 12.3 Å². The molecule has 0 bridgehead atoms. The molecule has 108 valence electrons. The summed E-state index contributed by atoms with van der Waals surface area (Å²) in [6, 6.07) is -0.485. The van der Waals surface area contributed by atoms with Crippen molar-refractivity contribution in [1.29, 1.82) is 0 Å². The highest BCUT2D eigenvalue weighted by molar-refractivity contribution is 5.69. The highest BCUT2D eigenvalue weighted by atomic mass is 16.6. The molecule has 0 aliphatic carbocycles. The van der Waals surface area contributed by atoms with Crippen molar-refractivity contribution in [3.05, 3.63) is 0 Å². The molecule has 1 heterocycles. The van der Waals surface area contributed by atoms with Crippen molar-refractivity contribution in [2.75, 3.05) is 6.61 Å². The molecular weight excluding hydrogens is 246 g/mol. The van der Waals surface area contributed by atoms with E-state index >= 15 is 0 Å². The topological polar surface area (TPSA) is 59.0 Å². The summed E-state index contributed by atoms with van der Waals surface area (Å²) in [5.74, 6) is 2.40. The summed E-state index contributed by atoms with van der Waals surface area (Å²) in [4.78, 5) is 13.7. The number of carbonyl (C=O) groups excluding carboxylic acids is 1. The lowest BCUT2D eigenvalue weighted by molar-refractivity contribution is -0.0675. The molecule has 1 N–H and O–H groups in total. The Bertz CT molecular complexity index is 378. The molecule has 0 aromatic heterocycles. The van der Waals surface area contributed by atoms with Crippen LogP contribution in [0.4, 0.5) is 4.79 Å². The summed E-state index contributed by atoms with van der Waals surface area (Å²) in [7, 11) is 0. The molecule has 1 aliphatic heterocycles. The van der Waals surface area contributed by atoms with Crippen LogP contribution >= 0.6 is 0 Å². The van der Waals surface area contributed by atoms with Crippen LogP contribution in [-0.2, 0) is 9.47 Å². The number of hydrogen-bond donors (Lipinski definition) is 1. The van der Waals surface area contributed by atoms with E-state index in [1.54, 1.807) is 34.6 Å². The number of nitrogens with zero attached hydrogens (tertiary/aromatic N) is 1. The van der Waals surface area contributed by atoms with Gasteiger partial charge in [-0.1, -0.05) is 0 Å². The van der Waals surface area contributed by atoms with Crippen molar-refractivity contribution in [3.63, 3.8) is 0 Å². The SMILES string of the molecule is C#CC[C@H](O)[C@H]1COC(C)(C)N1C(=O)OC(C)(C)C. The number of amides is 1. The molecule has 5 nitrogen and oxygen atoms in total. The molecule has 19 heavy (non-hydrogen) atoms. The summed E-state index contributed by atoms with van der Waals surface area (Å²) in [5.41, 5.74) is -1.42. The van der Waals surface area contributed by atoms with Crippen LogP contribution < -0.4 is 0 Å². The zero-order valence-corrected chi connectivity index (χ0v) is 12.3. The number of carbonyl (C=O) groups is 1. The smallest absolute Gasteiger partial charge is 0.412 e. The molecule has 0 radical (unpaired) electrons. The minimum absolute atomic E-state index is 0.170. The fraction of sp³-hybridized carbons (Fsp3) is 0.786. The van der Waals surface area contributed by atoms with Gasteiger partial charge < -0.3 is 14.6 Å². The van der Waals surface area contributed by atoms with Gasteiger partial charge >= 0.3 is 6.09 Å². The fourth-order valence-corrected chi connectivity index (χ4v) is 2.04. The van der Waals surface area contributed by atoms with Crippen LogP contribution in [0.3, 0.4) is 0 Å². The summed E-state index contributed by atoms with van der Waals surface area (Å²) in [6.45, 7) is 9.15. The largest absolute Gasteiger partial charge is 0.444 e. The third-order valence-electron chi connectivity index (χ3n) is 2.88. The first-order chi connectivity index (χ1) is 8.58. The van der Waals surface area contributed by atoms with E-state index in [9.17, 15) is 9.90 Å².